The first-order valence-electron chi connectivity index (χ1n) is 10.2. The molecule has 0 aliphatic carbocycles. The number of hydrogen-bond donors (Lipinski definition) is 1. The molecule has 158 valence electrons. The molecule has 1 fully saturated rings. The number of carbonyl (C=O) groups excluding carboxylic acids is 2. The van der Waals surface area contributed by atoms with Crippen LogP contribution in [0, 0.1) is 6.92 Å². The summed E-state index contributed by atoms with van der Waals surface area (Å²) in [5.74, 6) is 0.165. The van der Waals surface area contributed by atoms with Crippen molar-refractivity contribution < 1.29 is 14.3 Å². The minimum atomic E-state index is -0.792. The molecule has 30 heavy (non-hydrogen) atoms. The van der Waals surface area contributed by atoms with Crippen LogP contribution >= 0.6 is 0 Å². The van der Waals surface area contributed by atoms with Crippen LogP contribution in [0.3, 0.4) is 0 Å². The van der Waals surface area contributed by atoms with Crippen molar-refractivity contribution >= 4 is 11.8 Å². The van der Waals surface area contributed by atoms with E-state index in [2.05, 4.69) is 27.2 Å². The van der Waals surface area contributed by atoms with Crippen LogP contribution in [0.2, 0.25) is 0 Å². The lowest BCUT2D eigenvalue weighted by molar-refractivity contribution is -0.162. The predicted octanol–water partition coefficient (Wildman–Crippen LogP) is 0.988. The Morgan fingerprint density at radius 1 is 1.30 bits per heavy atom. The van der Waals surface area contributed by atoms with E-state index in [1.165, 1.54) is 0 Å². The Hall–Kier alpha value is -2.84. The van der Waals surface area contributed by atoms with E-state index in [1.807, 2.05) is 37.4 Å². The number of carbonyl (C=O) groups is 2. The number of hydrogen-bond acceptors (Lipinski definition) is 6. The highest BCUT2D eigenvalue weighted by atomic mass is 16.5. The number of morpholine rings is 1. The molecular weight excluding hydrogens is 382 g/mol. The molecule has 0 unspecified atom stereocenters. The standard InChI is InChI=1S/C22H27N5O3/c1-14-6-4-5-7-16(14)20-21(30-13-19(28)27(20)3)22(29)24-11-18-23-10-15-12-26(2)9-8-17(15)25-18/h4-7,10,20-21H,8-9,11-13H2,1-3H3,(H,24,29)/t20-,21+/m1/s1. The number of fused-ring (bicyclic) bond motifs is 1. The average Bonchev–Trinajstić information content (AvgIpc) is 2.74. The number of likely N-dealkylation sites (N-methyl/N-ethyl adjacent to an activating group) is 2. The zero-order valence-electron chi connectivity index (χ0n) is 17.6. The Morgan fingerprint density at radius 3 is 2.90 bits per heavy atom. The van der Waals surface area contributed by atoms with Crippen LogP contribution < -0.4 is 5.32 Å². The minimum absolute atomic E-state index is 0.111. The van der Waals surface area contributed by atoms with Crippen molar-refractivity contribution in [3.8, 4) is 0 Å². The Bertz CT molecular complexity index is 964. The molecule has 2 aliphatic heterocycles. The van der Waals surface area contributed by atoms with Crippen molar-refractivity contribution in [1.29, 1.82) is 0 Å². The molecule has 0 spiro atoms. The highest BCUT2D eigenvalue weighted by Crippen LogP contribution is 2.31. The summed E-state index contributed by atoms with van der Waals surface area (Å²) in [5, 5.41) is 2.90. The number of rotatable bonds is 4. The number of amides is 2. The highest BCUT2D eigenvalue weighted by Gasteiger charge is 2.40. The third-order valence-corrected chi connectivity index (χ3v) is 5.84. The molecule has 3 heterocycles. The summed E-state index contributed by atoms with van der Waals surface area (Å²) in [6.07, 6.45) is 1.93. The van der Waals surface area contributed by atoms with Crippen LogP contribution in [0.5, 0.6) is 0 Å². The normalized spacial score (nSPS) is 22.0. The molecule has 4 rings (SSSR count). The molecule has 2 aliphatic rings. The number of benzene rings is 1. The summed E-state index contributed by atoms with van der Waals surface area (Å²) in [6.45, 7) is 3.88. The van der Waals surface area contributed by atoms with Gasteiger partial charge in [-0.15, -0.1) is 0 Å². The predicted molar refractivity (Wildman–Crippen MR) is 110 cm³/mol. The van der Waals surface area contributed by atoms with E-state index in [0.29, 0.717) is 5.82 Å². The van der Waals surface area contributed by atoms with Crippen molar-refractivity contribution in [2.75, 3.05) is 27.2 Å². The fourth-order valence-corrected chi connectivity index (χ4v) is 4.07. The third-order valence-electron chi connectivity index (χ3n) is 5.84. The second-order valence-corrected chi connectivity index (χ2v) is 8.00. The summed E-state index contributed by atoms with van der Waals surface area (Å²) in [7, 11) is 3.79. The second-order valence-electron chi connectivity index (χ2n) is 8.00. The maximum Gasteiger partial charge on any atom is 0.252 e. The first-order valence-corrected chi connectivity index (χ1v) is 10.2. The molecule has 2 aromatic rings. The largest absolute Gasteiger partial charge is 0.356 e. The summed E-state index contributed by atoms with van der Waals surface area (Å²) >= 11 is 0. The topological polar surface area (TPSA) is 87.7 Å². The van der Waals surface area contributed by atoms with Crippen LogP contribution in [-0.4, -0.2) is 64.9 Å². The minimum Gasteiger partial charge on any atom is -0.356 e. The van der Waals surface area contributed by atoms with Crippen molar-refractivity contribution in [3.63, 3.8) is 0 Å². The number of nitrogens with one attached hydrogen (secondary N) is 1. The smallest absolute Gasteiger partial charge is 0.252 e. The van der Waals surface area contributed by atoms with E-state index in [9.17, 15) is 9.59 Å². The van der Waals surface area contributed by atoms with Crippen LogP contribution in [0.4, 0.5) is 0 Å². The van der Waals surface area contributed by atoms with E-state index in [1.54, 1.807) is 11.9 Å². The number of aryl methyl sites for hydroxylation is 1. The molecule has 0 radical (unpaired) electrons. The van der Waals surface area contributed by atoms with Crippen LogP contribution in [0.1, 0.15) is 34.3 Å². The van der Waals surface area contributed by atoms with Gasteiger partial charge in [0.25, 0.3) is 5.91 Å². The molecule has 8 heteroatoms. The van der Waals surface area contributed by atoms with Crippen molar-refractivity contribution in [2.45, 2.75) is 38.6 Å². The number of nitrogens with zero attached hydrogens (tertiary/aromatic N) is 4. The molecule has 0 saturated carbocycles. The summed E-state index contributed by atoms with van der Waals surface area (Å²) in [6, 6.07) is 7.26. The summed E-state index contributed by atoms with van der Waals surface area (Å²) in [5.41, 5.74) is 4.09. The van der Waals surface area contributed by atoms with Gasteiger partial charge in [0.2, 0.25) is 5.91 Å². The van der Waals surface area contributed by atoms with Gasteiger partial charge in [0.15, 0.2) is 6.10 Å². The lowest BCUT2D eigenvalue weighted by Gasteiger charge is -2.38. The second kappa shape index (κ2) is 8.49. The molecule has 1 aromatic carbocycles. The maximum absolute atomic E-state index is 13.0. The first kappa shape index (κ1) is 20.4. The fraction of sp³-hybridized carbons (Fsp3) is 0.455. The Labute approximate surface area is 176 Å². The van der Waals surface area contributed by atoms with Gasteiger partial charge in [-0.3, -0.25) is 9.59 Å². The van der Waals surface area contributed by atoms with Gasteiger partial charge in [0, 0.05) is 44.0 Å². The van der Waals surface area contributed by atoms with Crippen LogP contribution in [0.15, 0.2) is 30.5 Å². The van der Waals surface area contributed by atoms with Gasteiger partial charge in [-0.25, -0.2) is 9.97 Å². The van der Waals surface area contributed by atoms with Gasteiger partial charge in [0.1, 0.15) is 12.4 Å². The summed E-state index contributed by atoms with van der Waals surface area (Å²) < 4.78 is 5.69. The lowest BCUT2D eigenvalue weighted by atomic mass is 9.94. The molecule has 1 aromatic heterocycles. The monoisotopic (exact) mass is 409 g/mol. The average molecular weight is 409 g/mol. The van der Waals surface area contributed by atoms with Gasteiger partial charge in [0.05, 0.1) is 12.6 Å². The van der Waals surface area contributed by atoms with Crippen molar-refractivity contribution in [1.82, 2.24) is 25.1 Å². The zero-order valence-corrected chi connectivity index (χ0v) is 17.6. The fourth-order valence-electron chi connectivity index (χ4n) is 4.07. The molecular formula is C22H27N5O3. The van der Waals surface area contributed by atoms with E-state index in [-0.39, 0.29) is 25.0 Å². The highest BCUT2D eigenvalue weighted by molar-refractivity contribution is 5.86. The molecule has 2 amide bonds. The Balaban J connectivity index is 1.49. The molecule has 2 atom stereocenters. The molecule has 1 saturated heterocycles. The molecule has 8 nitrogen and oxygen atoms in total. The van der Waals surface area contributed by atoms with E-state index >= 15 is 0 Å². The van der Waals surface area contributed by atoms with Gasteiger partial charge in [-0.05, 0) is 25.1 Å². The maximum atomic E-state index is 13.0. The van der Waals surface area contributed by atoms with E-state index < -0.39 is 12.1 Å². The quantitative estimate of drug-likeness (QED) is 0.810. The van der Waals surface area contributed by atoms with Gasteiger partial charge < -0.3 is 19.9 Å². The molecule has 1 N–H and O–H groups in total. The van der Waals surface area contributed by atoms with Gasteiger partial charge >= 0.3 is 0 Å². The molecule has 0 bridgehead atoms. The zero-order chi connectivity index (χ0) is 21.3. The SMILES string of the molecule is Cc1ccccc1[C@@H]1[C@@H](C(=O)NCc2ncc3c(n2)CCN(C)C3)OCC(=O)N1C. The van der Waals surface area contributed by atoms with Crippen molar-refractivity contribution in [3.05, 3.63) is 58.7 Å². The van der Waals surface area contributed by atoms with Gasteiger partial charge in [-0.1, -0.05) is 24.3 Å². The van der Waals surface area contributed by atoms with Crippen LogP contribution in [-0.2, 0) is 33.8 Å². The lowest BCUT2D eigenvalue weighted by Crippen LogP contribution is -2.53. The number of aromatic nitrogens is 2. The Kier molecular flexibility index (Phi) is 5.78. The van der Waals surface area contributed by atoms with Gasteiger partial charge in [-0.2, -0.15) is 0 Å². The Morgan fingerprint density at radius 2 is 2.10 bits per heavy atom. The van der Waals surface area contributed by atoms with Crippen LogP contribution in [0.25, 0.3) is 0 Å². The van der Waals surface area contributed by atoms with E-state index in [4.69, 9.17) is 4.74 Å². The van der Waals surface area contributed by atoms with Crippen molar-refractivity contribution in [2.24, 2.45) is 0 Å². The third kappa shape index (κ3) is 4.06. The van der Waals surface area contributed by atoms with E-state index in [0.717, 1.165) is 41.9 Å². The number of ether oxygens (including phenoxy) is 1. The summed E-state index contributed by atoms with van der Waals surface area (Å²) in [4.78, 5) is 38.1. The first-order chi connectivity index (χ1) is 14.4.